The number of carbonyl (C=O) groups is 2. The molecule has 0 aliphatic heterocycles. The van der Waals surface area contributed by atoms with Crippen LogP contribution in [0, 0.1) is 11.6 Å². The topological polar surface area (TPSA) is 66.4 Å². The molecule has 0 atom stereocenters. The zero-order valence-corrected chi connectivity index (χ0v) is 10.8. The first-order valence-corrected chi connectivity index (χ1v) is 6.03. The Kier molecular flexibility index (Phi) is 4.27. The third-order valence-electron chi connectivity index (χ3n) is 2.80. The van der Waals surface area contributed by atoms with Crippen LogP contribution in [0.4, 0.5) is 14.5 Å². The van der Waals surface area contributed by atoms with E-state index in [0.29, 0.717) is 0 Å². The number of nitrogens with one attached hydrogen (secondary N) is 1. The Balaban J connectivity index is 2.15. The smallest absolute Gasteiger partial charge is 0.335 e. The number of amides is 1. The van der Waals surface area contributed by atoms with Gasteiger partial charge in [-0.1, -0.05) is 18.2 Å². The normalized spacial score (nSPS) is 10.2. The van der Waals surface area contributed by atoms with Crippen LogP contribution in [0.25, 0.3) is 0 Å². The lowest BCUT2D eigenvalue weighted by Gasteiger charge is -2.08. The van der Waals surface area contributed by atoms with E-state index in [4.69, 9.17) is 5.11 Å². The molecule has 0 heterocycles. The maximum absolute atomic E-state index is 13.5. The second kappa shape index (κ2) is 6.13. The lowest BCUT2D eigenvalue weighted by molar-refractivity contribution is -0.115. The Bertz CT molecular complexity index is 701. The second-order valence-electron chi connectivity index (χ2n) is 4.32. The van der Waals surface area contributed by atoms with E-state index < -0.39 is 23.5 Å². The minimum absolute atomic E-state index is 0.155. The number of benzene rings is 2. The van der Waals surface area contributed by atoms with Crippen molar-refractivity contribution in [3.63, 3.8) is 0 Å². The highest BCUT2D eigenvalue weighted by Gasteiger charge is 2.12. The summed E-state index contributed by atoms with van der Waals surface area (Å²) in [5.41, 5.74) is -0.237. The summed E-state index contributed by atoms with van der Waals surface area (Å²) in [5, 5.41) is 11.1. The van der Waals surface area contributed by atoms with E-state index in [1.807, 2.05) is 0 Å². The van der Waals surface area contributed by atoms with Gasteiger partial charge < -0.3 is 10.4 Å². The minimum Gasteiger partial charge on any atom is -0.478 e. The van der Waals surface area contributed by atoms with Gasteiger partial charge in [0.1, 0.15) is 11.6 Å². The van der Waals surface area contributed by atoms with Crippen LogP contribution in [-0.4, -0.2) is 17.0 Å². The van der Waals surface area contributed by atoms with Crippen molar-refractivity contribution >= 4 is 17.6 Å². The largest absolute Gasteiger partial charge is 0.478 e. The molecule has 2 N–H and O–H groups in total. The van der Waals surface area contributed by atoms with Crippen molar-refractivity contribution in [1.82, 2.24) is 0 Å². The number of anilines is 1. The zero-order chi connectivity index (χ0) is 15.4. The Morgan fingerprint density at radius 3 is 2.43 bits per heavy atom. The van der Waals surface area contributed by atoms with E-state index in [1.54, 1.807) is 6.07 Å². The molecule has 0 aromatic heterocycles. The van der Waals surface area contributed by atoms with Crippen LogP contribution < -0.4 is 5.32 Å². The number of hydrogen-bond acceptors (Lipinski definition) is 2. The van der Waals surface area contributed by atoms with Crippen LogP contribution >= 0.6 is 0 Å². The van der Waals surface area contributed by atoms with Crippen molar-refractivity contribution in [3.05, 3.63) is 65.2 Å². The highest BCUT2D eigenvalue weighted by Crippen LogP contribution is 2.17. The van der Waals surface area contributed by atoms with Gasteiger partial charge in [0.2, 0.25) is 5.91 Å². The van der Waals surface area contributed by atoms with Gasteiger partial charge in [-0.2, -0.15) is 0 Å². The van der Waals surface area contributed by atoms with Gasteiger partial charge in [-0.25, -0.2) is 13.6 Å². The van der Waals surface area contributed by atoms with E-state index >= 15 is 0 Å². The van der Waals surface area contributed by atoms with Crippen LogP contribution in [0.3, 0.4) is 0 Å². The van der Waals surface area contributed by atoms with E-state index in [1.165, 1.54) is 18.2 Å². The van der Waals surface area contributed by atoms with Crippen molar-refractivity contribution in [1.29, 1.82) is 0 Å². The standard InChI is InChI=1S/C15H11F2NO3/c16-11-4-2-1-3-9(11)8-14(19)18-13-7-10(15(20)21)5-6-12(13)17/h1-7H,8H2,(H,18,19)(H,20,21). The lowest BCUT2D eigenvalue weighted by Crippen LogP contribution is -2.16. The molecule has 2 rings (SSSR count). The molecule has 0 aliphatic carbocycles. The zero-order valence-electron chi connectivity index (χ0n) is 10.8. The summed E-state index contributed by atoms with van der Waals surface area (Å²) in [6, 6.07) is 8.78. The van der Waals surface area contributed by atoms with Gasteiger partial charge in [-0.05, 0) is 29.8 Å². The van der Waals surface area contributed by atoms with Crippen LogP contribution in [0.5, 0.6) is 0 Å². The highest BCUT2D eigenvalue weighted by atomic mass is 19.1. The molecular weight excluding hydrogens is 280 g/mol. The summed E-state index contributed by atoms with van der Waals surface area (Å²) >= 11 is 0. The number of rotatable bonds is 4. The molecule has 0 fully saturated rings. The molecule has 2 aromatic rings. The van der Waals surface area contributed by atoms with Gasteiger partial charge >= 0.3 is 5.97 Å². The molecular formula is C15H11F2NO3. The lowest BCUT2D eigenvalue weighted by atomic mass is 10.1. The molecule has 0 aliphatic rings. The van der Waals surface area contributed by atoms with Gasteiger partial charge in [-0.3, -0.25) is 4.79 Å². The van der Waals surface area contributed by atoms with Crippen LogP contribution in [0.1, 0.15) is 15.9 Å². The van der Waals surface area contributed by atoms with Gasteiger partial charge in [0, 0.05) is 0 Å². The van der Waals surface area contributed by atoms with Crippen molar-refractivity contribution in [2.75, 3.05) is 5.32 Å². The first kappa shape index (κ1) is 14.6. The Morgan fingerprint density at radius 2 is 1.76 bits per heavy atom. The summed E-state index contributed by atoms with van der Waals surface area (Å²) in [4.78, 5) is 22.6. The molecule has 2 aromatic carbocycles. The van der Waals surface area contributed by atoms with Crippen LogP contribution in [-0.2, 0) is 11.2 Å². The third kappa shape index (κ3) is 3.62. The van der Waals surface area contributed by atoms with Gasteiger partial charge in [0.25, 0.3) is 0 Å². The molecule has 4 nitrogen and oxygen atoms in total. The van der Waals surface area contributed by atoms with E-state index in [9.17, 15) is 18.4 Å². The number of hydrogen-bond donors (Lipinski definition) is 2. The molecule has 0 saturated carbocycles. The van der Waals surface area contributed by atoms with Crippen molar-refractivity contribution in [2.45, 2.75) is 6.42 Å². The number of aromatic carboxylic acids is 1. The summed E-state index contributed by atoms with van der Waals surface area (Å²) < 4.78 is 26.9. The predicted octanol–water partition coefficient (Wildman–Crippen LogP) is 2.84. The fourth-order valence-electron chi connectivity index (χ4n) is 1.76. The maximum Gasteiger partial charge on any atom is 0.335 e. The fourth-order valence-corrected chi connectivity index (χ4v) is 1.76. The quantitative estimate of drug-likeness (QED) is 0.910. The van der Waals surface area contributed by atoms with Crippen LogP contribution in [0.2, 0.25) is 0 Å². The monoisotopic (exact) mass is 291 g/mol. The molecule has 0 radical (unpaired) electrons. The summed E-state index contributed by atoms with van der Waals surface area (Å²) in [6.45, 7) is 0. The molecule has 0 unspecified atom stereocenters. The highest BCUT2D eigenvalue weighted by molar-refractivity contribution is 5.95. The Morgan fingerprint density at radius 1 is 1.05 bits per heavy atom. The van der Waals surface area contributed by atoms with Crippen molar-refractivity contribution in [3.8, 4) is 0 Å². The summed E-state index contributed by atoms with van der Waals surface area (Å²) in [5.74, 6) is -3.17. The van der Waals surface area contributed by atoms with E-state index in [2.05, 4.69) is 5.32 Å². The number of carbonyl (C=O) groups excluding carboxylic acids is 1. The molecule has 1 amide bonds. The Labute approximate surface area is 119 Å². The first-order chi connectivity index (χ1) is 9.97. The average Bonchev–Trinajstić information content (AvgIpc) is 2.43. The minimum atomic E-state index is -1.24. The SMILES string of the molecule is O=C(Cc1ccccc1F)Nc1cc(C(=O)O)ccc1F. The van der Waals surface area contributed by atoms with Crippen molar-refractivity contribution < 1.29 is 23.5 Å². The summed E-state index contributed by atoms with van der Waals surface area (Å²) in [7, 11) is 0. The van der Waals surface area contributed by atoms with Gasteiger partial charge in [0.05, 0.1) is 17.7 Å². The molecule has 0 saturated heterocycles. The fraction of sp³-hybridized carbons (Fsp3) is 0.0667. The maximum atomic E-state index is 13.5. The van der Waals surface area contributed by atoms with Gasteiger partial charge in [0.15, 0.2) is 0 Å². The number of halogens is 2. The van der Waals surface area contributed by atoms with Crippen LogP contribution in [0.15, 0.2) is 42.5 Å². The number of carboxylic acid groups (broad SMARTS) is 1. The van der Waals surface area contributed by atoms with Crippen molar-refractivity contribution in [2.24, 2.45) is 0 Å². The van der Waals surface area contributed by atoms with Gasteiger partial charge in [-0.15, -0.1) is 0 Å². The third-order valence-corrected chi connectivity index (χ3v) is 2.80. The second-order valence-corrected chi connectivity index (χ2v) is 4.32. The molecule has 0 spiro atoms. The summed E-state index contributed by atoms with van der Waals surface area (Å²) in [6.07, 6.45) is -0.274. The predicted molar refractivity (Wildman–Crippen MR) is 72.1 cm³/mol. The van der Waals surface area contributed by atoms with E-state index in [-0.39, 0.29) is 23.2 Å². The molecule has 108 valence electrons. The molecule has 0 bridgehead atoms. The molecule has 6 heteroatoms. The Hall–Kier alpha value is -2.76. The molecule has 21 heavy (non-hydrogen) atoms. The van der Waals surface area contributed by atoms with E-state index in [0.717, 1.165) is 18.2 Å². The average molecular weight is 291 g/mol. The number of carboxylic acids is 1. The first-order valence-electron chi connectivity index (χ1n) is 6.03.